The molecule has 1 aromatic rings. The second kappa shape index (κ2) is 6.14. The quantitative estimate of drug-likeness (QED) is 0.905. The lowest BCUT2D eigenvalue weighted by Gasteiger charge is -2.14. The molecule has 0 spiro atoms. The van der Waals surface area contributed by atoms with Crippen LogP contribution in [-0.4, -0.2) is 14.5 Å². The van der Waals surface area contributed by atoms with E-state index in [0.717, 1.165) is 12.1 Å². The first kappa shape index (κ1) is 14.9. The average molecular weight is 291 g/mol. The van der Waals surface area contributed by atoms with Crippen LogP contribution in [0.15, 0.2) is 23.1 Å². The van der Waals surface area contributed by atoms with E-state index in [1.54, 1.807) is 6.92 Å². The van der Waals surface area contributed by atoms with Crippen molar-refractivity contribution in [3.05, 3.63) is 29.0 Å². The Kier molecular flexibility index (Phi) is 5.08. The average Bonchev–Trinajstić information content (AvgIpc) is 2.31. The van der Waals surface area contributed by atoms with E-state index in [2.05, 4.69) is 4.72 Å². The molecule has 0 aliphatic rings. The number of halogens is 2. The molecule has 0 saturated carbocycles. The van der Waals surface area contributed by atoms with Crippen molar-refractivity contribution in [2.24, 2.45) is 0 Å². The molecule has 0 aliphatic carbocycles. The number of hydrogen-bond acceptors (Lipinski definition) is 3. The van der Waals surface area contributed by atoms with Crippen molar-refractivity contribution in [1.82, 2.24) is 4.72 Å². The van der Waals surface area contributed by atoms with E-state index in [1.807, 2.05) is 6.07 Å². The zero-order chi connectivity index (χ0) is 13.8. The van der Waals surface area contributed by atoms with Gasteiger partial charge in [0.05, 0.1) is 17.5 Å². The van der Waals surface area contributed by atoms with E-state index < -0.39 is 21.9 Å². The molecule has 7 heteroatoms. The van der Waals surface area contributed by atoms with Crippen LogP contribution in [0.2, 0.25) is 5.02 Å². The van der Waals surface area contributed by atoms with Crippen LogP contribution >= 0.6 is 11.6 Å². The third-order valence-electron chi connectivity index (χ3n) is 2.34. The lowest BCUT2D eigenvalue weighted by molar-refractivity contribution is 0.541. The van der Waals surface area contributed by atoms with Gasteiger partial charge in [0.1, 0.15) is 10.7 Å². The molecule has 1 rings (SSSR count). The fourth-order valence-corrected chi connectivity index (χ4v) is 3.18. The van der Waals surface area contributed by atoms with Gasteiger partial charge in [-0.05, 0) is 24.6 Å². The van der Waals surface area contributed by atoms with Gasteiger partial charge < -0.3 is 0 Å². The molecule has 0 bridgehead atoms. The Morgan fingerprint density at radius 2 is 2.22 bits per heavy atom. The number of nitriles is 1. The Morgan fingerprint density at radius 3 is 2.78 bits per heavy atom. The monoisotopic (exact) mass is 290 g/mol. The predicted molar refractivity (Wildman–Crippen MR) is 66.0 cm³/mol. The van der Waals surface area contributed by atoms with Gasteiger partial charge in [0.2, 0.25) is 10.0 Å². The van der Waals surface area contributed by atoms with Crippen LogP contribution in [0.1, 0.15) is 19.8 Å². The maximum Gasteiger partial charge on any atom is 0.242 e. The fraction of sp³-hybridized carbons (Fsp3) is 0.364. The highest BCUT2D eigenvalue weighted by atomic mass is 35.5. The van der Waals surface area contributed by atoms with Gasteiger partial charge >= 0.3 is 0 Å². The summed E-state index contributed by atoms with van der Waals surface area (Å²) in [5.74, 6) is -0.687. The standard InChI is InChI=1S/C11H12ClFN2O2S/c1-2-9(5-6-14)15-18(16,17)11-7-8(13)3-4-10(11)12/h3-4,7,9,15H,2,5H2,1H3. The maximum absolute atomic E-state index is 13.0. The number of hydrogen-bond donors (Lipinski definition) is 1. The molecule has 4 nitrogen and oxygen atoms in total. The minimum absolute atomic E-state index is 0.0443. The van der Waals surface area contributed by atoms with Crippen LogP contribution < -0.4 is 4.72 Å². The first-order valence-corrected chi connectivity index (χ1v) is 7.11. The summed E-state index contributed by atoms with van der Waals surface area (Å²) in [5, 5.41) is 8.50. The fourth-order valence-electron chi connectivity index (χ4n) is 1.35. The van der Waals surface area contributed by atoms with E-state index in [1.165, 1.54) is 6.07 Å². The first-order valence-electron chi connectivity index (χ1n) is 5.25. The van der Waals surface area contributed by atoms with Crippen molar-refractivity contribution in [2.45, 2.75) is 30.7 Å². The number of nitrogens with zero attached hydrogens (tertiary/aromatic N) is 1. The number of rotatable bonds is 5. The lowest BCUT2D eigenvalue weighted by atomic mass is 10.2. The third-order valence-corrected chi connectivity index (χ3v) is 4.34. The highest BCUT2D eigenvalue weighted by Crippen LogP contribution is 2.22. The Labute approximate surface area is 110 Å². The van der Waals surface area contributed by atoms with Crippen molar-refractivity contribution in [3.63, 3.8) is 0 Å². The minimum Gasteiger partial charge on any atom is -0.207 e. The highest BCUT2D eigenvalue weighted by Gasteiger charge is 2.22. The Hall–Kier alpha value is -1.16. The summed E-state index contributed by atoms with van der Waals surface area (Å²) in [4.78, 5) is -0.319. The van der Waals surface area contributed by atoms with Crippen LogP contribution in [0.4, 0.5) is 4.39 Å². The maximum atomic E-state index is 13.0. The van der Waals surface area contributed by atoms with Crippen LogP contribution in [0, 0.1) is 17.1 Å². The zero-order valence-corrected chi connectivity index (χ0v) is 11.2. The van der Waals surface area contributed by atoms with Gasteiger partial charge in [-0.25, -0.2) is 17.5 Å². The van der Waals surface area contributed by atoms with Crippen LogP contribution in [0.25, 0.3) is 0 Å². The summed E-state index contributed by atoms with van der Waals surface area (Å²) in [6, 6.07) is 4.48. The molecule has 1 aromatic carbocycles. The molecule has 98 valence electrons. The Bertz CT molecular complexity index is 569. The molecule has 0 aliphatic heterocycles. The highest BCUT2D eigenvalue weighted by molar-refractivity contribution is 7.89. The topological polar surface area (TPSA) is 70.0 Å². The van der Waals surface area contributed by atoms with E-state index in [0.29, 0.717) is 6.42 Å². The van der Waals surface area contributed by atoms with Crippen molar-refractivity contribution in [1.29, 1.82) is 5.26 Å². The smallest absolute Gasteiger partial charge is 0.207 e. The largest absolute Gasteiger partial charge is 0.242 e. The van der Waals surface area contributed by atoms with Gasteiger partial charge in [-0.3, -0.25) is 0 Å². The van der Waals surface area contributed by atoms with Crippen molar-refractivity contribution in [2.75, 3.05) is 0 Å². The van der Waals surface area contributed by atoms with Gasteiger partial charge in [-0.1, -0.05) is 18.5 Å². The summed E-state index contributed by atoms with van der Waals surface area (Å²) < 4.78 is 39.3. The Morgan fingerprint density at radius 1 is 1.56 bits per heavy atom. The van der Waals surface area contributed by atoms with Gasteiger partial charge in [-0.2, -0.15) is 5.26 Å². The molecule has 0 radical (unpaired) electrons. The van der Waals surface area contributed by atoms with Gasteiger partial charge in [0.25, 0.3) is 0 Å². The number of nitrogens with one attached hydrogen (secondary N) is 1. The normalized spacial score (nSPS) is 13.0. The van der Waals surface area contributed by atoms with Crippen molar-refractivity contribution >= 4 is 21.6 Å². The molecule has 1 N–H and O–H groups in total. The molecular weight excluding hydrogens is 279 g/mol. The minimum atomic E-state index is -3.92. The molecule has 1 atom stereocenters. The molecular formula is C11H12ClFN2O2S. The van der Waals surface area contributed by atoms with Gasteiger partial charge in [0, 0.05) is 6.04 Å². The SMILES string of the molecule is CCC(CC#N)NS(=O)(=O)c1cc(F)ccc1Cl. The zero-order valence-electron chi connectivity index (χ0n) is 9.65. The molecule has 0 saturated heterocycles. The van der Waals surface area contributed by atoms with Gasteiger partial charge in [0.15, 0.2) is 0 Å². The van der Waals surface area contributed by atoms with Crippen LogP contribution in [0.5, 0.6) is 0 Å². The summed E-state index contributed by atoms with van der Waals surface area (Å²) >= 11 is 5.73. The molecule has 0 aromatic heterocycles. The van der Waals surface area contributed by atoms with Crippen molar-refractivity contribution in [3.8, 4) is 6.07 Å². The molecule has 18 heavy (non-hydrogen) atoms. The number of benzene rings is 1. The molecule has 1 unspecified atom stereocenters. The lowest BCUT2D eigenvalue weighted by Crippen LogP contribution is -2.34. The Balaban J connectivity index is 3.06. The summed E-state index contributed by atoms with van der Waals surface area (Å²) in [7, 11) is -3.92. The predicted octanol–water partition coefficient (Wildman–Crippen LogP) is 2.45. The summed E-state index contributed by atoms with van der Waals surface area (Å²) in [5.41, 5.74) is 0. The van der Waals surface area contributed by atoms with Crippen LogP contribution in [-0.2, 0) is 10.0 Å². The van der Waals surface area contributed by atoms with E-state index >= 15 is 0 Å². The molecule has 0 heterocycles. The third kappa shape index (κ3) is 3.67. The molecule has 0 fully saturated rings. The van der Waals surface area contributed by atoms with Crippen molar-refractivity contribution < 1.29 is 12.8 Å². The van der Waals surface area contributed by atoms with Gasteiger partial charge in [-0.15, -0.1) is 0 Å². The second-order valence-electron chi connectivity index (χ2n) is 3.66. The summed E-state index contributed by atoms with van der Waals surface area (Å²) in [6.45, 7) is 1.75. The number of sulfonamides is 1. The van der Waals surface area contributed by atoms with E-state index in [9.17, 15) is 12.8 Å². The van der Waals surface area contributed by atoms with Crippen LogP contribution in [0.3, 0.4) is 0 Å². The first-order chi connectivity index (χ1) is 8.40. The second-order valence-corrected chi connectivity index (χ2v) is 5.75. The molecule has 0 amide bonds. The van der Waals surface area contributed by atoms with E-state index in [-0.39, 0.29) is 16.3 Å². The summed E-state index contributed by atoms with van der Waals surface area (Å²) in [6.07, 6.45) is 0.502. The van der Waals surface area contributed by atoms with E-state index in [4.69, 9.17) is 16.9 Å².